The molecule has 9 heteroatoms. The quantitative estimate of drug-likeness (QED) is 0.810. The van der Waals surface area contributed by atoms with Crippen molar-refractivity contribution in [2.24, 2.45) is 5.41 Å². The first-order chi connectivity index (χ1) is 13.2. The smallest absolute Gasteiger partial charge is 0.257 e. The van der Waals surface area contributed by atoms with Crippen LogP contribution < -0.4 is 5.32 Å². The Hall–Kier alpha value is -1.16. The molecule has 5 rings (SSSR count). The van der Waals surface area contributed by atoms with Gasteiger partial charge in [0.1, 0.15) is 5.37 Å². The Kier molecular flexibility index (Phi) is 4.15. The number of aryl methyl sites for hydroxylation is 1. The number of hydrogen-bond acceptors (Lipinski definition) is 6. The molecule has 28 heavy (non-hydrogen) atoms. The molecule has 4 fully saturated rings. The van der Waals surface area contributed by atoms with Crippen molar-refractivity contribution >= 4 is 9.84 Å². The SMILES string of the molecule is Cc1nc(C2CC2(F)F)ccc1S(=O)(=O)C1N(C2CCOCC2)CC12CNC2. The van der Waals surface area contributed by atoms with Gasteiger partial charge in [0.05, 0.1) is 22.2 Å². The van der Waals surface area contributed by atoms with Crippen molar-refractivity contribution < 1.29 is 21.9 Å². The maximum atomic E-state index is 13.6. The summed E-state index contributed by atoms with van der Waals surface area (Å²) in [5.74, 6) is -3.59. The predicted octanol–water partition coefficient (Wildman–Crippen LogP) is 1.70. The zero-order chi connectivity index (χ0) is 19.7. The van der Waals surface area contributed by atoms with Crippen LogP contribution in [0.1, 0.15) is 36.6 Å². The number of ether oxygens (including phenoxy) is 1. The Bertz CT molecular complexity index is 898. The molecule has 1 N–H and O–H groups in total. The van der Waals surface area contributed by atoms with Crippen LogP contribution in [0.5, 0.6) is 0 Å². The van der Waals surface area contributed by atoms with Gasteiger partial charge in [-0.15, -0.1) is 0 Å². The molecule has 3 aliphatic heterocycles. The van der Waals surface area contributed by atoms with Crippen LogP contribution in [0.2, 0.25) is 0 Å². The number of nitrogens with one attached hydrogen (secondary N) is 1. The van der Waals surface area contributed by atoms with Crippen LogP contribution in [-0.2, 0) is 14.6 Å². The summed E-state index contributed by atoms with van der Waals surface area (Å²) in [7, 11) is -3.66. The zero-order valence-electron chi connectivity index (χ0n) is 15.8. The van der Waals surface area contributed by atoms with Crippen LogP contribution in [0.15, 0.2) is 17.0 Å². The average molecular weight is 413 g/mol. The summed E-state index contributed by atoms with van der Waals surface area (Å²) in [6.45, 7) is 5.08. The predicted molar refractivity (Wildman–Crippen MR) is 98.1 cm³/mol. The highest BCUT2D eigenvalue weighted by atomic mass is 32.2. The number of sulfone groups is 1. The summed E-state index contributed by atoms with van der Waals surface area (Å²) in [5, 5.41) is 2.64. The maximum absolute atomic E-state index is 13.6. The van der Waals surface area contributed by atoms with Crippen LogP contribution in [0.25, 0.3) is 0 Å². The largest absolute Gasteiger partial charge is 0.381 e. The molecule has 1 aliphatic carbocycles. The number of pyridine rings is 1. The second-order valence-electron chi connectivity index (χ2n) is 8.72. The fourth-order valence-corrected chi connectivity index (χ4v) is 7.52. The zero-order valence-corrected chi connectivity index (χ0v) is 16.6. The fourth-order valence-electron chi connectivity index (χ4n) is 5.06. The third kappa shape index (κ3) is 2.74. The molecule has 1 aromatic heterocycles. The summed E-state index contributed by atoms with van der Waals surface area (Å²) >= 11 is 0. The van der Waals surface area contributed by atoms with Crippen LogP contribution in [-0.4, -0.2) is 68.5 Å². The monoisotopic (exact) mass is 413 g/mol. The molecule has 154 valence electrons. The number of likely N-dealkylation sites (tertiary alicyclic amines) is 1. The van der Waals surface area contributed by atoms with E-state index in [-0.39, 0.29) is 28.5 Å². The normalized spacial score (nSPS) is 32.0. The van der Waals surface area contributed by atoms with Crippen LogP contribution in [0.4, 0.5) is 8.78 Å². The number of rotatable bonds is 4. The Morgan fingerprint density at radius 2 is 1.93 bits per heavy atom. The summed E-state index contributed by atoms with van der Waals surface area (Å²) in [5.41, 5.74) is 0.351. The molecule has 1 spiro atoms. The van der Waals surface area contributed by atoms with E-state index in [0.717, 1.165) is 19.4 Å². The van der Waals surface area contributed by atoms with E-state index in [9.17, 15) is 17.2 Å². The molecular formula is C19H25F2N3O3S. The van der Waals surface area contributed by atoms with Gasteiger partial charge < -0.3 is 10.1 Å². The van der Waals surface area contributed by atoms with Gasteiger partial charge in [-0.05, 0) is 31.9 Å². The van der Waals surface area contributed by atoms with Crippen molar-refractivity contribution in [1.82, 2.24) is 15.2 Å². The Labute approximate surface area is 163 Å². The number of halogens is 2. The minimum atomic E-state index is -3.66. The first-order valence-corrected chi connectivity index (χ1v) is 11.4. The van der Waals surface area contributed by atoms with Gasteiger partial charge in [-0.25, -0.2) is 17.2 Å². The lowest BCUT2D eigenvalue weighted by Crippen LogP contribution is -2.80. The van der Waals surface area contributed by atoms with E-state index in [0.29, 0.717) is 32.0 Å². The van der Waals surface area contributed by atoms with E-state index in [1.54, 1.807) is 6.92 Å². The Morgan fingerprint density at radius 3 is 2.46 bits per heavy atom. The summed E-state index contributed by atoms with van der Waals surface area (Å²) in [6, 6.07) is 3.16. The number of alkyl halides is 2. The van der Waals surface area contributed by atoms with Gasteiger partial charge in [0.25, 0.3) is 5.92 Å². The van der Waals surface area contributed by atoms with Crippen molar-refractivity contribution in [2.45, 2.75) is 54.3 Å². The summed E-state index contributed by atoms with van der Waals surface area (Å²) in [6.07, 6.45) is 1.46. The van der Waals surface area contributed by atoms with Crippen LogP contribution >= 0.6 is 0 Å². The first kappa shape index (κ1) is 18.8. The molecule has 0 amide bonds. The molecule has 6 nitrogen and oxygen atoms in total. The van der Waals surface area contributed by atoms with Crippen LogP contribution in [0, 0.1) is 12.3 Å². The van der Waals surface area contributed by atoms with Crippen LogP contribution in [0.3, 0.4) is 0 Å². The average Bonchev–Trinajstić information content (AvgIpc) is 3.21. The van der Waals surface area contributed by atoms with E-state index in [4.69, 9.17) is 4.74 Å². The van der Waals surface area contributed by atoms with Gasteiger partial charge in [0, 0.05) is 50.7 Å². The molecule has 0 radical (unpaired) electrons. The number of hydrogen-bond donors (Lipinski definition) is 1. The third-order valence-corrected chi connectivity index (χ3v) is 9.18. The first-order valence-electron chi connectivity index (χ1n) is 9.88. The second kappa shape index (κ2) is 6.17. The summed E-state index contributed by atoms with van der Waals surface area (Å²) in [4.78, 5) is 6.54. The molecule has 3 saturated heterocycles. The fraction of sp³-hybridized carbons (Fsp3) is 0.737. The van der Waals surface area contributed by atoms with Crippen molar-refractivity contribution in [1.29, 1.82) is 0 Å². The van der Waals surface area contributed by atoms with Gasteiger partial charge in [-0.2, -0.15) is 0 Å². The molecule has 4 heterocycles. The lowest BCUT2D eigenvalue weighted by molar-refractivity contribution is -0.109. The summed E-state index contributed by atoms with van der Waals surface area (Å²) < 4.78 is 59.4. The van der Waals surface area contributed by atoms with Gasteiger partial charge in [0.2, 0.25) is 0 Å². The molecule has 4 aliphatic rings. The molecule has 2 atom stereocenters. The molecule has 1 saturated carbocycles. The van der Waals surface area contributed by atoms with Crippen molar-refractivity contribution in [3.05, 3.63) is 23.5 Å². The minimum Gasteiger partial charge on any atom is -0.381 e. The molecular weight excluding hydrogens is 388 g/mol. The third-order valence-electron chi connectivity index (χ3n) is 6.78. The highest BCUT2D eigenvalue weighted by Crippen LogP contribution is 2.55. The van der Waals surface area contributed by atoms with E-state index in [2.05, 4.69) is 15.2 Å². The van der Waals surface area contributed by atoms with E-state index in [1.165, 1.54) is 12.1 Å². The highest BCUT2D eigenvalue weighted by molar-refractivity contribution is 7.92. The van der Waals surface area contributed by atoms with Gasteiger partial charge in [-0.1, -0.05) is 0 Å². The number of aromatic nitrogens is 1. The highest BCUT2D eigenvalue weighted by Gasteiger charge is 2.63. The van der Waals surface area contributed by atoms with Crippen molar-refractivity contribution in [3.63, 3.8) is 0 Å². The second-order valence-corrected chi connectivity index (χ2v) is 10.7. The minimum absolute atomic E-state index is 0.174. The van der Waals surface area contributed by atoms with Gasteiger partial charge in [-0.3, -0.25) is 9.88 Å². The van der Waals surface area contributed by atoms with E-state index < -0.39 is 27.1 Å². The topological polar surface area (TPSA) is 71.5 Å². The maximum Gasteiger partial charge on any atom is 0.257 e. The van der Waals surface area contributed by atoms with E-state index in [1.807, 2.05) is 0 Å². The number of nitrogens with zero attached hydrogens (tertiary/aromatic N) is 2. The lowest BCUT2D eigenvalue weighted by atomic mass is 9.72. The molecule has 2 unspecified atom stereocenters. The van der Waals surface area contributed by atoms with Crippen molar-refractivity contribution in [2.75, 3.05) is 32.8 Å². The van der Waals surface area contributed by atoms with Crippen molar-refractivity contribution in [3.8, 4) is 0 Å². The van der Waals surface area contributed by atoms with Gasteiger partial charge >= 0.3 is 0 Å². The van der Waals surface area contributed by atoms with E-state index >= 15 is 0 Å². The Balaban J connectivity index is 1.46. The molecule has 0 bridgehead atoms. The molecule has 1 aromatic rings. The lowest BCUT2D eigenvalue weighted by Gasteiger charge is -2.63. The Morgan fingerprint density at radius 1 is 1.25 bits per heavy atom. The molecule has 0 aromatic carbocycles. The van der Waals surface area contributed by atoms with Gasteiger partial charge in [0.15, 0.2) is 9.84 Å². The standard InChI is InChI=1S/C19H25F2N3O3S/c1-12-16(3-2-15(23-12)14-8-19(14,20)21)28(25,26)17-18(9-22-10-18)11-24(17)13-4-6-27-7-5-13/h2-3,13-14,17,22H,4-11H2,1H3.